The number of ether oxygens (including phenoxy) is 2. The molecule has 1 aromatic heterocycles. The third kappa shape index (κ3) is 5.73. The van der Waals surface area contributed by atoms with Crippen LogP contribution in [0.3, 0.4) is 0 Å². The summed E-state index contributed by atoms with van der Waals surface area (Å²) < 4.78 is 10.3. The summed E-state index contributed by atoms with van der Waals surface area (Å²) in [6.07, 6.45) is 5.49. The molecule has 1 aromatic rings. The molecule has 0 radical (unpaired) electrons. The number of thiazole rings is 1. The minimum absolute atomic E-state index is 0.0927. The molecule has 0 aromatic carbocycles. The van der Waals surface area contributed by atoms with Crippen LogP contribution < -0.4 is 5.32 Å². The van der Waals surface area contributed by atoms with Crippen molar-refractivity contribution >= 4 is 17.2 Å². The van der Waals surface area contributed by atoms with Crippen molar-refractivity contribution in [2.24, 2.45) is 5.92 Å². The van der Waals surface area contributed by atoms with Gasteiger partial charge in [-0.3, -0.25) is 4.79 Å². The zero-order valence-electron chi connectivity index (χ0n) is 12.8. The number of carbonyl (C=O) groups is 1. The van der Waals surface area contributed by atoms with Crippen molar-refractivity contribution in [3.63, 3.8) is 0 Å². The van der Waals surface area contributed by atoms with Gasteiger partial charge in [-0.25, -0.2) is 4.98 Å². The molecule has 5 nitrogen and oxygen atoms in total. The Hall–Kier alpha value is -0.980. The molecule has 1 fully saturated rings. The second-order valence-corrected chi connectivity index (χ2v) is 6.67. The van der Waals surface area contributed by atoms with Crippen LogP contribution in [-0.2, 0) is 14.3 Å². The first kappa shape index (κ1) is 16.4. The first-order chi connectivity index (χ1) is 10.2. The molecule has 1 atom stereocenters. The molecular weight excluding hydrogens is 288 g/mol. The van der Waals surface area contributed by atoms with Crippen LogP contribution in [-0.4, -0.2) is 37.8 Å². The first-order valence-corrected chi connectivity index (χ1v) is 8.30. The molecule has 1 amide bonds. The van der Waals surface area contributed by atoms with E-state index in [1.165, 1.54) is 17.7 Å². The average Bonchev–Trinajstić information content (AvgIpc) is 3.22. The summed E-state index contributed by atoms with van der Waals surface area (Å²) in [6, 6.07) is 0.102. The van der Waals surface area contributed by atoms with Crippen LogP contribution in [0.1, 0.15) is 41.6 Å². The van der Waals surface area contributed by atoms with Gasteiger partial charge in [0.15, 0.2) is 0 Å². The van der Waals surface area contributed by atoms with Crippen LogP contribution in [0.2, 0.25) is 0 Å². The van der Waals surface area contributed by atoms with E-state index in [1.54, 1.807) is 18.4 Å². The number of aryl methyl sites for hydroxylation is 1. The van der Waals surface area contributed by atoms with E-state index in [9.17, 15) is 4.79 Å². The molecule has 1 N–H and O–H groups in total. The van der Waals surface area contributed by atoms with Crippen molar-refractivity contribution in [3.05, 3.63) is 16.1 Å². The van der Waals surface area contributed by atoms with E-state index in [-0.39, 0.29) is 11.9 Å². The number of hydrogen-bond acceptors (Lipinski definition) is 5. The molecule has 118 valence electrons. The highest BCUT2D eigenvalue weighted by Gasteiger charge is 2.35. The SMILES string of the molecule is COCCOCCCC(=O)NC(c1ncc(C)s1)C1CC1. The molecule has 1 aliphatic rings. The van der Waals surface area contributed by atoms with Gasteiger partial charge in [-0.2, -0.15) is 0 Å². The van der Waals surface area contributed by atoms with Gasteiger partial charge in [0.1, 0.15) is 5.01 Å². The minimum Gasteiger partial charge on any atom is -0.382 e. The lowest BCUT2D eigenvalue weighted by atomic mass is 10.2. The Balaban J connectivity index is 1.70. The van der Waals surface area contributed by atoms with Crippen molar-refractivity contribution in [3.8, 4) is 0 Å². The maximum atomic E-state index is 12.0. The van der Waals surface area contributed by atoms with E-state index in [0.29, 0.717) is 32.2 Å². The molecule has 6 heteroatoms. The predicted octanol–water partition coefficient (Wildman–Crippen LogP) is 2.46. The van der Waals surface area contributed by atoms with E-state index < -0.39 is 0 Å². The molecule has 0 aliphatic heterocycles. The van der Waals surface area contributed by atoms with Gasteiger partial charge in [-0.15, -0.1) is 11.3 Å². The zero-order chi connectivity index (χ0) is 15.1. The lowest BCUT2D eigenvalue weighted by Crippen LogP contribution is -2.29. The van der Waals surface area contributed by atoms with E-state index in [4.69, 9.17) is 9.47 Å². The van der Waals surface area contributed by atoms with Gasteiger partial charge in [-0.1, -0.05) is 0 Å². The summed E-state index contributed by atoms with van der Waals surface area (Å²) >= 11 is 1.68. The maximum absolute atomic E-state index is 12.0. The molecule has 0 spiro atoms. The third-order valence-corrected chi connectivity index (χ3v) is 4.44. The number of nitrogens with one attached hydrogen (secondary N) is 1. The molecule has 2 rings (SSSR count). The summed E-state index contributed by atoms with van der Waals surface area (Å²) in [6.45, 7) is 3.83. The van der Waals surface area contributed by atoms with E-state index in [0.717, 1.165) is 11.4 Å². The fourth-order valence-corrected chi connectivity index (χ4v) is 3.07. The minimum atomic E-state index is 0.0927. The quantitative estimate of drug-likeness (QED) is 0.674. The molecule has 0 bridgehead atoms. The van der Waals surface area contributed by atoms with Gasteiger partial charge in [0.25, 0.3) is 0 Å². The number of carbonyl (C=O) groups excluding carboxylic acids is 1. The van der Waals surface area contributed by atoms with Crippen LogP contribution >= 0.6 is 11.3 Å². The van der Waals surface area contributed by atoms with Crippen LogP contribution in [0.25, 0.3) is 0 Å². The summed E-state index contributed by atoms with van der Waals surface area (Å²) in [5, 5.41) is 4.18. The van der Waals surface area contributed by atoms with Crippen LogP contribution in [0.15, 0.2) is 6.20 Å². The summed E-state index contributed by atoms with van der Waals surface area (Å²) in [4.78, 5) is 17.7. The first-order valence-electron chi connectivity index (χ1n) is 7.49. The Kier molecular flexibility index (Phi) is 6.60. The molecule has 1 heterocycles. The molecule has 1 saturated carbocycles. The van der Waals surface area contributed by atoms with Gasteiger partial charge < -0.3 is 14.8 Å². The van der Waals surface area contributed by atoms with Crippen LogP contribution in [0.4, 0.5) is 0 Å². The van der Waals surface area contributed by atoms with E-state index in [2.05, 4.69) is 10.3 Å². The normalized spacial score (nSPS) is 15.9. The van der Waals surface area contributed by atoms with Gasteiger partial charge in [0.2, 0.25) is 5.91 Å². The van der Waals surface area contributed by atoms with E-state index >= 15 is 0 Å². The highest BCUT2D eigenvalue weighted by molar-refractivity contribution is 7.11. The van der Waals surface area contributed by atoms with Crippen molar-refractivity contribution in [2.45, 2.75) is 38.6 Å². The topological polar surface area (TPSA) is 60.5 Å². The Morgan fingerprint density at radius 2 is 2.29 bits per heavy atom. The fraction of sp³-hybridized carbons (Fsp3) is 0.733. The van der Waals surface area contributed by atoms with Crippen molar-refractivity contribution in [1.29, 1.82) is 0 Å². The Bertz CT molecular complexity index is 446. The average molecular weight is 312 g/mol. The van der Waals surface area contributed by atoms with Gasteiger partial charge in [0, 0.05) is 31.2 Å². The summed E-state index contributed by atoms with van der Waals surface area (Å²) in [7, 11) is 1.65. The van der Waals surface area contributed by atoms with Crippen LogP contribution in [0.5, 0.6) is 0 Å². The lowest BCUT2D eigenvalue weighted by molar-refractivity contribution is -0.122. The fourth-order valence-electron chi connectivity index (χ4n) is 2.15. The molecule has 1 unspecified atom stereocenters. The Labute approximate surface area is 130 Å². The number of nitrogens with zero attached hydrogens (tertiary/aromatic N) is 1. The number of amides is 1. The van der Waals surface area contributed by atoms with Crippen molar-refractivity contribution < 1.29 is 14.3 Å². The third-order valence-electron chi connectivity index (χ3n) is 3.44. The molecule has 21 heavy (non-hydrogen) atoms. The van der Waals surface area contributed by atoms with Gasteiger partial charge in [0.05, 0.1) is 19.3 Å². The largest absolute Gasteiger partial charge is 0.382 e. The standard InChI is InChI=1S/C15H24N2O3S/c1-11-10-16-15(21-11)14(12-5-6-12)17-13(18)4-3-7-20-9-8-19-2/h10,12,14H,3-9H2,1-2H3,(H,17,18). The van der Waals surface area contributed by atoms with Gasteiger partial charge in [-0.05, 0) is 32.1 Å². The molecule has 0 saturated heterocycles. The van der Waals surface area contributed by atoms with Crippen LogP contribution in [0, 0.1) is 12.8 Å². The number of aromatic nitrogens is 1. The van der Waals surface area contributed by atoms with Crippen molar-refractivity contribution in [1.82, 2.24) is 10.3 Å². The smallest absolute Gasteiger partial charge is 0.220 e. The van der Waals surface area contributed by atoms with E-state index in [1.807, 2.05) is 13.1 Å². The number of hydrogen-bond donors (Lipinski definition) is 1. The zero-order valence-corrected chi connectivity index (χ0v) is 13.6. The number of rotatable bonds is 10. The predicted molar refractivity (Wildman–Crippen MR) is 82.4 cm³/mol. The summed E-state index contributed by atoms with van der Waals surface area (Å²) in [5.74, 6) is 0.660. The highest BCUT2D eigenvalue weighted by Crippen LogP contribution is 2.42. The Morgan fingerprint density at radius 1 is 1.48 bits per heavy atom. The monoisotopic (exact) mass is 312 g/mol. The maximum Gasteiger partial charge on any atom is 0.220 e. The summed E-state index contributed by atoms with van der Waals surface area (Å²) in [5.41, 5.74) is 0. The lowest BCUT2D eigenvalue weighted by Gasteiger charge is -2.15. The van der Waals surface area contributed by atoms with Crippen molar-refractivity contribution in [2.75, 3.05) is 26.9 Å². The second-order valence-electron chi connectivity index (χ2n) is 5.40. The van der Waals surface area contributed by atoms with Gasteiger partial charge >= 0.3 is 0 Å². The Morgan fingerprint density at radius 3 is 2.90 bits per heavy atom. The molecular formula is C15H24N2O3S. The number of methoxy groups -OCH3 is 1. The highest BCUT2D eigenvalue weighted by atomic mass is 32.1. The molecule has 1 aliphatic carbocycles. The second kappa shape index (κ2) is 8.46.